The summed E-state index contributed by atoms with van der Waals surface area (Å²) in [5.74, 6) is 0.676. The zero-order chi connectivity index (χ0) is 14.6. The van der Waals surface area contributed by atoms with Gasteiger partial charge in [0.05, 0.1) is 18.2 Å². The Morgan fingerprint density at radius 1 is 1.37 bits per heavy atom. The standard InChI is InChI=1S/C13H20FNO3S/c1-9(2)11-8-13(19(15,16)17)10(3)7-12(11)18-6-4-5-14/h7-9H,4-6H2,1-3H3,(H2,15,16,17). The second-order valence-electron chi connectivity index (χ2n) is 4.75. The van der Waals surface area contributed by atoms with Gasteiger partial charge in [-0.1, -0.05) is 13.8 Å². The fraction of sp³-hybridized carbons (Fsp3) is 0.538. The van der Waals surface area contributed by atoms with Gasteiger partial charge in [-0.25, -0.2) is 13.6 Å². The van der Waals surface area contributed by atoms with Crippen LogP contribution in [-0.4, -0.2) is 21.7 Å². The van der Waals surface area contributed by atoms with E-state index in [1.54, 1.807) is 19.1 Å². The van der Waals surface area contributed by atoms with Crippen LogP contribution in [0.25, 0.3) is 0 Å². The summed E-state index contributed by atoms with van der Waals surface area (Å²) in [6.07, 6.45) is 0.313. The van der Waals surface area contributed by atoms with Gasteiger partial charge in [0.15, 0.2) is 0 Å². The van der Waals surface area contributed by atoms with Crippen LogP contribution < -0.4 is 9.88 Å². The Morgan fingerprint density at radius 2 is 2.00 bits per heavy atom. The molecule has 1 aromatic carbocycles. The van der Waals surface area contributed by atoms with Crippen LogP contribution in [0.3, 0.4) is 0 Å². The first-order chi connectivity index (χ1) is 8.77. The maximum absolute atomic E-state index is 12.1. The Kier molecular flexibility index (Phi) is 5.31. The third kappa shape index (κ3) is 4.18. The fourth-order valence-corrected chi connectivity index (χ4v) is 2.60. The highest BCUT2D eigenvalue weighted by Crippen LogP contribution is 2.31. The summed E-state index contributed by atoms with van der Waals surface area (Å²) < 4.78 is 40.6. The van der Waals surface area contributed by atoms with Crippen LogP contribution in [0, 0.1) is 6.92 Å². The summed E-state index contributed by atoms with van der Waals surface area (Å²) >= 11 is 0. The van der Waals surface area contributed by atoms with Gasteiger partial charge in [0.2, 0.25) is 10.0 Å². The third-order valence-electron chi connectivity index (χ3n) is 2.77. The highest BCUT2D eigenvalue weighted by atomic mass is 32.2. The zero-order valence-corrected chi connectivity index (χ0v) is 12.3. The van der Waals surface area contributed by atoms with Gasteiger partial charge in [0.25, 0.3) is 0 Å². The molecule has 0 saturated carbocycles. The van der Waals surface area contributed by atoms with E-state index in [-0.39, 0.29) is 17.4 Å². The Labute approximate surface area is 113 Å². The molecule has 1 rings (SSSR count). The maximum atomic E-state index is 12.1. The van der Waals surface area contributed by atoms with E-state index in [0.717, 1.165) is 5.56 Å². The Bertz CT molecular complexity index is 541. The Balaban J connectivity index is 3.22. The number of rotatable bonds is 6. The molecule has 0 unspecified atom stereocenters. The van der Waals surface area contributed by atoms with Crippen molar-refractivity contribution in [1.29, 1.82) is 0 Å². The molecule has 0 aliphatic rings. The fourth-order valence-electron chi connectivity index (χ4n) is 1.80. The summed E-state index contributed by atoms with van der Waals surface area (Å²) in [7, 11) is -3.75. The number of primary sulfonamides is 1. The molecule has 0 fully saturated rings. The molecule has 0 saturated heterocycles. The minimum atomic E-state index is -3.75. The first-order valence-corrected chi connectivity index (χ1v) is 7.68. The first kappa shape index (κ1) is 15.9. The van der Waals surface area contributed by atoms with Crippen LogP contribution in [0.5, 0.6) is 5.75 Å². The van der Waals surface area contributed by atoms with Gasteiger partial charge in [0, 0.05) is 6.42 Å². The lowest BCUT2D eigenvalue weighted by Crippen LogP contribution is -2.15. The first-order valence-electron chi connectivity index (χ1n) is 6.13. The molecule has 6 heteroatoms. The average molecular weight is 289 g/mol. The van der Waals surface area contributed by atoms with Crippen molar-refractivity contribution in [3.8, 4) is 5.75 Å². The monoisotopic (exact) mass is 289 g/mol. The molecule has 0 heterocycles. The molecule has 0 radical (unpaired) electrons. The van der Waals surface area contributed by atoms with Crippen molar-refractivity contribution in [1.82, 2.24) is 0 Å². The van der Waals surface area contributed by atoms with Crippen molar-refractivity contribution in [2.24, 2.45) is 5.14 Å². The summed E-state index contributed by atoms with van der Waals surface area (Å²) in [6.45, 7) is 5.35. The molecular formula is C13H20FNO3S. The lowest BCUT2D eigenvalue weighted by molar-refractivity contribution is 0.286. The van der Waals surface area contributed by atoms with Crippen LogP contribution in [0.4, 0.5) is 4.39 Å². The van der Waals surface area contributed by atoms with Crippen molar-refractivity contribution >= 4 is 10.0 Å². The second-order valence-corrected chi connectivity index (χ2v) is 6.28. The van der Waals surface area contributed by atoms with E-state index in [0.29, 0.717) is 17.7 Å². The molecule has 108 valence electrons. The molecule has 0 aliphatic carbocycles. The molecule has 0 atom stereocenters. The number of aryl methyl sites for hydroxylation is 1. The van der Waals surface area contributed by atoms with Crippen molar-refractivity contribution < 1.29 is 17.5 Å². The minimum absolute atomic E-state index is 0.0847. The normalized spacial score (nSPS) is 11.9. The topological polar surface area (TPSA) is 69.4 Å². The number of nitrogens with two attached hydrogens (primary N) is 1. The minimum Gasteiger partial charge on any atom is -0.493 e. The highest BCUT2D eigenvalue weighted by molar-refractivity contribution is 7.89. The van der Waals surface area contributed by atoms with Crippen molar-refractivity contribution in [3.05, 3.63) is 23.3 Å². The van der Waals surface area contributed by atoms with Gasteiger partial charge in [-0.05, 0) is 36.1 Å². The molecule has 2 N–H and O–H groups in total. The zero-order valence-electron chi connectivity index (χ0n) is 11.4. The van der Waals surface area contributed by atoms with Gasteiger partial charge >= 0.3 is 0 Å². The van der Waals surface area contributed by atoms with Gasteiger partial charge in [-0.15, -0.1) is 0 Å². The van der Waals surface area contributed by atoms with Gasteiger partial charge in [-0.3, -0.25) is 4.39 Å². The quantitative estimate of drug-likeness (QED) is 0.818. The molecule has 0 bridgehead atoms. The smallest absolute Gasteiger partial charge is 0.238 e. The van der Waals surface area contributed by atoms with Crippen molar-refractivity contribution in [2.45, 2.75) is 38.0 Å². The molecule has 4 nitrogen and oxygen atoms in total. The lowest BCUT2D eigenvalue weighted by Gasteiger charge is -2.16. The predicted octanol–water partition coefficient (Wildman–Crippen LogP) is 2.50. The molecular weight excluding hydrogens is 269 g/mol. The van der Waals surface area contributed by atoms with Crippen molar-refractivity contribution in [3.63, 3.8) is 0 Å². The summed E-state index contributed by atoms with van der Waals surface area (Å²) in [5.41, 5.74) is 1.29. The number of ether oxygens (including phenoxy) is 1. The number of sulfonamides is 1. The highest BCUT2D eigenvalue weighted by Gasteiger charge is 2.17. The number of hydrogen-bond acceptors (Lipinski definition) is 3. The van der Waals surface area contributed by atoms with Crippen LogP contribution in [0.2, 0.25) is 0 Å². The van der Waals surface area contributed by atoms with Gasteiger partial charge in [0.1, 0.15) is 5.75 Å². The lowest BCUT2D eigenvalue weighted by atomic mass is 10.0. The molecule has 0 aromatic heterocycles. The largest absolute Gasteiger partial charge is 0.493 e. The van der Waals surface area contributed by atoms with Gasteiger partial charge in [-0.2, -0.15) is 0 Å². The van der Waals surface area contributed by atoms with Crippen LogP contribution in [0.15, 0.2) is 17.0 Å². The van der Waals surface area contributed by atoms with E-state index in [9.17, 15) is 12.8 Å². The van der Waals surface area contributed by atoms with E-state index in [1.165, 1.54) is 0 Å². The second kappa shape index (κ2) is 6.34. The molecule has 19 heavy (non-hydrogen) atoms. The number of alkyl halides is 1. The number of benzene rings is 1. The Morgan fingerprint density at radius 3 is 2.47 bits per heavy atom. The van der Waals surface area contributed by atoms with E-state index in [1.807, 2.05) is 13.8 Å². The SMILES string of the molecule is Cc1cc(OCCCF)c(C(C)C)cc1S(N)(=O)=O. The maximum Gasteiger partial charge on any atom is 0.238 e. The molecule has 0 amide bonds. The van der Waals surface area contributed by atoms with Crippen LogP contribution in [-0.2, 0) is 10.0 Å². The van der Waals surface area contributed by atoms with Gasteiger partial charge < -0.3 is 4.74 Å². The predicted molar refractivity (Wildman–Crippen MR) is 72.7 cm³/mol. The summed E-state index contributed by atoms with van der Waals surface area (Å²) in [4.78, 5) is 0.106. The van der Waals surface area contributed by atoms with E-state index < -0.39 is 16.7 Å². The summed E-state index contributed by atoms with van der Waals surface area (Å²) in [5, 5.41) is 5.18. The number of halogens is 1. The molecule has 1 aromatic rings. The Hall–Kier alpha value is -1.14. The molecule has 0 spiro atoms. The van der Waals surface area contributed by atoms with E-state index >= 15 is 0 Å². The average Bonchev–Trinajstić information content (AvgIpc) is 2.27. The van der Waals surface area contributed by atoms with E-state index in [2.05, 4.69) is 0 Å². The molecule has 0 aliphatic heterocycles. The van der Waals surface area contributed by atoms with Crippen molar-refractivity contribution in [2.75, 3.05) is 13.3 Å². The third-order valence-corrected chi connectivity index (χ3v) is 3.82. The van der Waals surface area contributed by atoms with Crippen LogP contribution >= 0.6 is 0 Å². The van der Waals surface area contributed by atoms with E-state index in [4.69, 9.17) is 9.88 Å². The number of hydrogen-bond donors (Lipinski definition) is 1. The summed E-state index contributed by atoms with van der Waals surface area (Å²) in [6, 6.07) is 3.19. The van der Waals surface area contributed by atoms with Crippen LogP contribution in [0.1, 0.15) is 37.3 Å².